The van der Waals surface area contributed by atoms with Gasteiger partial charge in [-0.1, -0.05) is 18.2 Å². The van der Waals surface area contributed by atoms with Crippen LogP contribution >= 0.6 is 0 Å². The number of methoxy groups -OCH3 is 5. The molecule has 0 fully saturated rings. The average Bonchev–Trinajstić information content (AvgIpc) is 3.17. The second-order valence-electron chi connectivity index (χ2n) is 8.69. The molecule has 1 aliphatic rings. The third kappa shape index (κ3) is 4.89. The van der Waals surface area contributed by atoms with E-state index in [-0.39, 0.29) is 11.5 Å². The summed E-state index contributed by atoms with van der Waals surface area (Å²) < 4.78 is 28.1. The molecular formula is C29H34N2O6. The van der Waals surface area contributed by atoms with Gasteiger partial charge >= 0.3 is 0 Å². The normalized spacial score (nSPS) is 14.1. The van der Waals surface area contributed by atoms with Gasteiger partial charge in [0.05, 0.1) is 41.2 Å². The Hall–Kier alpha value is -3.91. The molecule has 0 bridgehead atoms. The molecule has 3 aromatic carbocycles. The maximum Gasteiger partial charge on any atom is 0.203 e. The highest BCUT2D eigenvalue weighted by atomic mass is 16.5. The highest BCUT2D eigenvalue weighted by molar-refractivity contribution is 5.83. The molecule has 0 saturated carbocycles. The molecule has 0 spiro atoms. The van der Waals surface area contributed by atoms with Gasteiger partial charge in [0.25, 0.3) is 0 Å². The first-order valence-electron chi connectivity index (χ1n) is 12.1. The smallest absolute Gasteiger partial charge is 0.203 e. The van der Waals surface area contributed by atoms with Gasteiger partial charge in [0, 0.05) is 23.7 Å². The maximum atomic E-state index is 13.4. The molecule has 0 amide bonds. The van der Waals surface area contributed by atoms with Crippen molar-refractivity contribution in [3.8, 4) is 39.9 Å². The summed E-state index contributed by atoms with van der Waals surface area (Å²) in [5, 5.41) is 6.68. The van der Waals surface area contributed by atoms with E-state index in [0.717, 1.165) is 40.7 Å². The number of nitrogens with one attached hydrogen (secondary N) is 2. The third-order valence-electron chi connectivity index (χ3n) is 6.84. The number of benzene rings is 2. The second-order valence-corrected chi connectivity index (χ2v) is 8.69. The lowest BCUT2D eigenvalue weighted by Crippen LogP contribution is -2.18. The molecule has 0 aromatic heterocycles. The Morgan fingerprint density at radius 3 is 2.22 bits per heavy atom. The van der Waals surface area contributed by atoms with E-state index in [1.54, 1.807) is 41.6 Å². The van der Waals surface area contributed by atoms with Crippen LogP contribution in [0.2, 0.25) is 0 Å². The van der Waals surface area contributed by atoms with E-state index in [2.05, 4.69) is 10.6 Å². The number of aryl methyl sites for hydroxylation is 1. The fraction of sp³-hybridized carbons (Fsp3) is 0.345. The van der Waals surface area contributed by atoms with E-state index in [9.17, 15) is 4.79 Å². The van der Waals surface area contributed by atoms with E-state index in [1.165, 1.54) is 0 Å². The van der Waals surface area contributed by atoms with Crippen molar-refractivity contribution >= 4 is 5.69 Å². The van der Waals surface area contributed by atoms with Gasteiger partial charge in [-0.05, 0) is 60.8 Å². The zero-order chi connectivity index (χ0) is 26.5. The zero-order valence-electron chi connectivity index (χ0n) is 22.2. The number of para-hydroxylation sites is 1. The minimum absolute atomic E-state index is 0.0180. The maximum absolute atomic E-state index is 13.4. The van der Waals surface area contributed by atoms with Gasteiger partial charge in [-0.2, -0.15) is 0 Å². The fourth-order valence-corrected chi connectivity index (χ4v) is 5.04. The Morgan fingerprint density at radius 2 is 1.57 bits per heavy atom. The van der Waals surface area contributed by atoms with Crippen LogP contribution < -0.4 is 39.7 Å². The molecule has 196 valence electrons. The Morgan fingerprint density at radius 1 is 0.838 bits per heavy atom. The van der Waals surface area contributed by atoms with Gasteiger partial charge in [-0.25, -0.2) is 0 Å². The fourth-order valence-electron chi connectivity index (χ4n) is 5.04. The van der Waals surface area contributed by atoms with Gasteiger partial charge in [-0.3, -0.25) is 4.79 Å². The van der Waals surface area contributed by atoms with Crippen molar-refractivity contribution in [3.05, 3.63) is 69.4 Å². The SMILES string of the molecule is CN[C@H]1CCc2cc(OC)c(OC)c(OC)c2-c2ccc(NCc3cccc(OC)c3OC)c(=O)cc21. The van der Waals surface area contributed by atoms with Crippen LogP contribution in [-0.4, -0.2) is 42.6 Å². The van der Waals surface area contributed by atoms with E-state index in [4.69, 9.17) is 23.7 Å². The predicted octanol–water partition coefficient (Wildman–Crippen LogP) is 4.58. The molecule has 1 aliphatic carbocycles. The summed E-state index contributed by atoms with van der Waals surface area (Å²) in [6.45, 7) is 0.394. The van der Waals surface area contributed by atoms with E-state index in [0.29, 0.717) is 41.0 Å². The van der Waals surface area contributed by atoms with E-state index < -0.39 is 0 Å². The van der Waals surface area contributed by atoms with Crippen molar-refractivity contribution in [2.45, 2.75) is 25.4 Å². The molecule has 8 heteroatoms. The number of ether oxygens (including phenoxy) is 5. The van der Waals surface area contributed by atoms with Crippen LogP contribution in [0.1, 0.15) is 29.2 Å². The van der Waals surface area contributed by atoms with Crippen molar-refractivity contribution in [1.82, 2.24) is 5.32 Å². The third-order valence-corrected chi connectivity index (χ3v) is 6.84. The summed E-state index contributed by atoms with van der Waals surface area (Å²) in [6.07, 6.45) is 1.59. The van der Waals surface area contributed by atoms with Gasteiger partial charge in [0.15, 0.2) is 23.0 Å². The molecule has 8 nitrogen and oxygen atoms in total. The minimum atomic E-state index is -0.105. The monoisotopic (exact) mass is 506 g/mol. The molecule has 37 heavy (non-hydrogen) atoms. The number of hydrogen-bond donors (Lipinski definition) is 2. The minimum Gasteiger partial charge on any atom is -0.493 e. The van der Waals surface area contributed by atoms with Crippen molar-refractivity contribution in [3.63, 3.8) is 0 Å². The summed E-state index contributed by atoms with van der Waals surface area (Å²) >= 11 is 0. The van der Waals surface area contributed by atoms with Crippen LogP contribution in [0, 0.1) is 0 Å². The lowest BCUT2D eigenvalue weighted by atomic mass is 9.95. The average molecular weight is 507 g/mol. The molecule has 4 rings (SSSR count). The Bertz CT molecular complexity index is 1340. The highest BCUT2D eigenvalue weighted by Crippen LogP contribution is 2.50. The number of fused-ring (bicyclic) bond motifs is 3. The molecule has 0 unspecified atom stereocenters. The van der Waals surface area contributed by atoms with E-state index in [1.807, 2.05) is 43.4 Å². The topological polar surface area (TPSA) is 87.3 Å². The molecule has 0 aliphatic heterocycles. The Kier molecular flexibility index (Phi) is 8.08. The largest absolute Gasteiger partial charge is 0.493 e. The van der Waals surface area contributed by atoms with Crippen LogP contribution in [0.3, 0.4) is 0 Å². The first-order chi connectivity index (χ1) is 18.0. The summed E-state index contributed by atoms with van der Waals surface area (Å²) in [6, 6.07) is 13.2. The van der Waals surface area contributed by atoms with Gasteiger partial charge < -0.3 is 34.3 Å². The van der Waals surface area contributed by atoms with Crippen LogP contribution in [0.25, 0.3) is 11.1 Å². The van der Waals surface area contributed by atoms with E-state index >= 15 is 0 Å². The summed E-state index contributed by atoms with van der Waals surface area (Å²) in [7, 11) is 9.94. The molecule has 3 aromatic rings. The second kappa shape index (κ2) is 11.4. The molecule has 0 saturated heterocycles. The number of anilines is 1. The van der Waals surface area contributed by atoms with Crippen molar-refractivity contribution in [1.29, 1.82) is 0 Å². The Balaban J connectivity index is 1.85. The standard InChI is InChI=1S/C29H34N2O6/c1-30-21-12-10-17-14-25(34-3)28(36-5)29(37-6)26(17)19-11-13-22(23(32)15-20(19)21)31-16-18-8-7-9-24(33-2)27(18)35-4/h7-9,11,13-15,21,30H,10,12,16H2,1-6H3,(H,31,32)/t21-/m0/s1. The summed E-state index contributed by atoms with van der Waals surface area (Å²) in [5.74, 6) is 3.00. The zero-order valence-corrected chi connectivity index (χ0v) is 22.2. The highest BCUT2D eigenvalue weighted by Gasteiger charge is 2.28. The van der Waals surface area contributed by atoms with Crippen molar-refractivity contribution in [2.24, 2.45) is 0 Å². The predicted molar refractivity (Wildman–Crippen MR) is 145 cm³/mol. The molecule has 0 radical (unpaired) electrons. The molecule has 0 heterocycles. The molecular weight excluding hydrogens is 472 g/mol. The summed E-state index contributed by atoms with van der Waals surface area (Å²) in [5.41, 5.74) is 5.05. The summed E-state index contributed by atoms with van der Waals surface area (Å²) in [4.78, 5) is 13.4. The quantitative estimate of drug-likeness (QED) is 0.436. The number of hydrogen-bond acceptors (Lipinski definition) is 8. The van der Waals surface area contributed by atoms with Gasteiger partial charge in [0.1, 0.15) is 0 Å². The van der Waals surface area contributed by atoms with Gasteiger partial charge in [0.2, 0.25) is 11.2 Å². The molecule has 2 N–H and O–H groups in total. The first-order valence-corrected chi connectivity index (χ1v) is 12.1. The van der Waals surface area contributed by atoms with Gasteiger partial charge in [-0.15, -0.1) is 0 Å². The number of rotatable bonds is 9. The first kappa shape index (κ1) is 26.2. The van der Waals surface area contributed by atoms with Crippen molar-refractivity contribution < 1.29 is 23.7 Å². The molecule has 1 atom stereocenters. The van der Waals surface area contributed by atoms with Crippen LogP contribution in [0.4, 0.5) is 5.69 Å². The lowest BCUT2D eigenvalue weighted by Gasteiger charge is -2.19. The van der Waals surface area contributed by atoms with Crippen LogP contribution in [0.15, 0.2) is 47.3 Å². The van der Waals surface area contributed by atoms with Crippen LogP contribution in [0.5, 0.6) is 28.7 Å². The Labute approximate surface area is 217 Å². The van der Waals surface area contributed by atoms with Crippen LogP contribution in [-0.2, 0) is 13.0 Å². The lowest BCUT2D eigenvalue weighted by molar-refractivity contribution is 0.324. The van der Waals surface area contributed by atoms with Crippen molar-refractivity contribution in [2.75, 3.05) is 47.9 Å².